The highest BCUT2D eigenvalue weighted by Crippen LogP contribution is 2.30. The van der Waals surface area contributed by atoms with Crippen molar-refractivity contribution >= 4 is 23.0 Å². The first-order valence-electron chi connectivity index (χ1n) is 6.85. The van der Waals surface area contributed by atoms with Crippen molar-refractivity contribution in [3.05, 3.63) is 69.4 Å². The third-order valence-corrected chi connectivity index (χ3v) is 4.49. The lowest BCUT2D eigenvalue weighted by Gasteiger charge is -2.01. The molecule has 0 unspecified atom stereocenters. The molecule has 6 nitrogen and oxygen atoms in total. The van der Waals surface area contributed by atoms with E-state index >= 15 is 0 Å². The molecule has 0 bridgehead atoms. The first-order chi connectivity index (χ1) is 11.1. The van der Waals surface area contributed by atoms with Gasteiger partial charge in [0.2, 0.25) is 0 Å². The lowest BCUT2D eigenvalue weighted by Crippen LogP contribution is -1.94. The largest absolute Gasteiger partial charge is 0.273 e. The second-order valence-electron chi connectivity index (χ2n) is 4.93. The van der Waals surface area contributed by atoms with Crippen molar-refractivity contribution in [2.45, 2.75) is 17.7 Å². The summed E-state index contributed by atoms with van der Waals surface area (Å²) in [5.74, 6) is 0.384. The lowest BCUT2D eigenvalue weighted by molar-refractivity contribution is -0.385. The van der Waals surface area contributed by atoms with E-state index in [1.165, 1.54) is 17.8 Å². The Morgan fingerprint density at radius 1 is 1.30 bits per heavy atom. The SMILES string of the molecule is Cc1cccc2c(C#N)c(SCc3ccccc3[N+](=O)[O-])nn12. The van der Waals surface area contributed by atoms with Crippen LogP contribution in [0.2, 0.25) is 0 Å². The van der Waals surface area contributed by atoms with E-state index in [1.807, 2.05) is 25.1 Å². The highest BCUT2D eigenvalue weighted by atomic mass is 32.2. The molecule has 0 N–H and O–H groups in total. The van der Waals surface area contributed by atoms with E-state index in [4.69, 9.17) is 0 Å². The van der Waals surface area contributed by atoms with Crippen molar-refractivity contribution in [3.63, 3.8) is 0 Å². The quantitative estimate of drug-likeness (QED) is 0.415. The molecule has 0 aliphatic carbocycles. The molecule has 0 amide bonds. The van der Waals surface area contributed by atoms with Gasteiger partial charge in [-0.3, -0.25) is 10.1 Å². The maximum absolute atomic E-state index is 11.1. The number of hydrogen-bond acceptors (Lipinski definition) is 5. The fourth-order valence-corrected chi connectivity index (χ4v) is 3.32. The molecule has 1 aromatic carbocycles. The van der Waals surface area contributed by atoms with Crippen molar-refractivity contribution in [2.75, 3.05) is 0 Å². The van der Waals surface area contributed by atoms with Crippen LogP contribution in [0.1, 0.15) is 16.8 Å². The zero-order valence-electron chi connectivity index (χ0n) is 12.3. The number of nitro groups is 1. The average Bonchev–Trinajstić information content (AvgIpc) is 2.92. The molecule has 2 heterocycles. The van der Waals surface area contributed by atoms with Crippen LogP contribution >= 0.6 is 11.8 Å². The van der Waals surface area contributed by atoms with Crippen LogP contribution in [0, 0.1) is 28.4 Å². The molecular formula is C16H12N4O2S. The van der Waals surface area contributed by atoms with Crippen molar-refractivity contribution in [3.8, 4) is 6.07 Å². The Kier molecular flexibility index (Phi) is 4.00. The summed E-state index contributed by atoms with van der Waals surface area (Å²) in [4.78, 5) is 10.7. The smallest absolute Gasteiger partial charge is 0.258 e. The van der Waals surface area contributed by atoms with E-state index < -0.39 is 4.92 Å². The summed E-state index contributed by atoms with van der Waals surface area (Å²) in [6, 6.07) is 14.4. The molecule has 0 radical (unpaired) electrons. The van der Waals surface area contributed by atoms with E-state index in [0.29, 0.717) is 21.9 Å². The van der Waals surface area contributed by atoms with E-state index in [2.05, 4.69) is 11.2 Å². The summed E-state index contributed by atoms with van der Waals surface area (Å²) in [6.07, 6.45) is 0. The average molecular weight is 324 g/mol. The number of fused-ring (bicyclic) bond motifs is 1. The molecule has 3 aromatic rings. The fraction of sp³-hybridized carbons (Fsp3) is 0.125. The third kappa shape index (κ3) is 2.76. The van der Waals surface area contributed by atoms with Gasteiger partial charge in [0.1, 0.15) is 16.7 Å². The van der Waals surface area contributed by atoms with Crippen LogP contribution in [0.15, 0.2) is 47.5 Å². The van der Waals surface area contributed by atoms with Crippen molar-refractivity contribution in [1.29, 1.82) is 5.26 Å². The molecule has 0 aliphatic heterocycles. The maximum atomic E-state index is 11.1. The topological polar surface area (TPSA) is 84.2 Å². The molecule has 3 rings (SSSR count). The first-order valence-corrected chi connectivity index (χ1v) is 7.84. The van der Waals surface area contributed by atoms with Gasteiger partial charge in [0.25, 0.3) is 5.69 Å². The summed E-state index contributed by atoms with van der Waals surface area (Å²) >= 11 is 1.33. The van der Waals surface area contributed by atoms with Gasteiger partial charge < -0.3 is 0 Å². The Morgan fingerprint density at radius 3 is 2.83 bits per heavy atom. The number of aryl methyl sites for hydroxylation is 1. The zero-order chi connectivity index (χ0) is 16.4. The van der Waals surface area contributed by atoms with Crippen LogP contribution in [0.4, 0.5) is 5.69 Å². The number of pyridine rings is 1. The molecular weight excluding hydrogens is 312 g/mol. The number of para-hydroxylation sites is 1. The number of nitrogens with zero attached hydrogens (tertiary/aromatic N) is 4. The molecule has 0 spiro atoms. The highest BCUT2D eigenvalue weighted by molar-refractivity contribution is 7.98. The van der Waals surface area contributed by atoms with Crippen molar-refractivity contribution in [1.82, 2.24) is 9.61 Å². The monoisotopic (exact) mass is 324 g/mol. The lowest BCUT2D eigenvalue weighted by atomic mass is 10.2. The van der Waals surface area contributed by atoms with Crippen molar-refractivity contribution < 1.29 is 4.92 Å². The minimum absolute atomic E-state index is 0.0819. The Labute approximate surface area is 136 Å². The molecule has 0 saturated heterocycles. The van der Waals surface area contributed by atoms with Crippen LogP contribution in [-0.2, 0) is 5.75 Å². The number of rotatable bonds is 4. The van der Waals surface area contributed by atoms with Crippen LogP contribution in [0.3, 0.4) is 0 Å². The molecule has 7 heteroatoms. The van der Waals surface area contributed by atoms with Gasteiger partial charge in [0, 0.05) is 23.1 Å². The van der Waals surface area contributed by atoms with Gasteiger partial charge in [0.05, 0.1) is 10.4 Å². The van der Waals surface area contributed by atoms with Gasteiger partial charge in [-0.15, -0.1) is 0 Å². The summed E-state index contributed by atoms with van der Waals surface area (Å²) in [6.45, 7) is 1.91. The van der Waals surface area contributed by atoms with Gasteiger partial charge in [-0.25, -0.2) is 4.52 Å². The Morgan fingerprint density at radius 2 is 2.09 bits per heavy atom. The Balaban J connectivity index is 1.96. The minimum atomic E-state index is -0.394. The second kappa shape index (κ2) is 6.10. The predicted octanol–water partition coefficient (Wildman–Crippen LogP) is 3.71. The van der Waals surface area contributed by atoms with Crippen LogP contribution < -0.4 is 0 Å². The number of aromatic nitrogens is 2. The first kappa shape index (κ1) is 15.1. The van der Waals surface area contributed by atoms with Gasteiger partial charge in [-0.1, -0.05) is 36.0 Å². The van der Waals surface area contributed by atoms with Crippen LogP contribution in [0.5, 0.6) is 0 Å². The standard InChI is InChI=1S/C16H12N4O2S/c1-11-5-4-8-15-13(9-17)16(18-19(11)15)23-10-12-6-2-3-7-14(12)20(21)22/h2-8H,10H2,1H3. The predicted molar refractivity (Wildman–Crippen MR) is 87.3 cm³/mol. The minimum Gasteiger partial charge on any atom is -0.258 e. The third-order valence-electron chi connectivity index (χ3n) is 3.48. The van der Waals surface area contributed by atoms with E-state index in [1.54, 1.807) is 22.7 Å². The van der Waals surface area contributed by atoms with E-state index in [9.17, 15) is 15.4 Å². The second-order valence-corrected chi connectivity index (χ2v) is 5.89. The Hall–Kier alpha value is -2.85. The molecule has 23 heavy (non-hydrogen) atoms. The van der Waals surface area contributed by atoms with E-state index in [-0.39, 0.29) is 5.69 Å². The molecule has 0 fully saturated rings. The molecule has 0 aliphatic rings. The molecule has 2 aromatic heterocycles. The number of benzene rings is 1. The highest BCUT2D eigenvalue weighted by Gasteiger charge is 2.17. The van der Waals surface area contributed by atoms with Crippen LogP contribution in [0.25, 0.3) is 5.52 Å². The van der Waals surface area contributed by atoms with E-state index in [0.717, 1.165) is 11.2 Å². The fourth-order valence-electron chi connectivity index (χ4n) is 2.35. The van der Waals surface area contributed by atoms with Crippen molar-refractivity contribution in [2.24, 2.45) is 0 Å². The number of nitro benzene ring substituents is 1. The van der Waals surface area contributed by atoms with Gasteiger partial charge in [-0.05, 0) is 19.1 Å². The Bertz CT molecular complexity index is 943. The van der Waals surface area contributed by atoms with Crippen LogP contribution in [-0.4, -0.2) is 14.5 Å². The summed E-state index contributed by atoms with van der Waals surface area (Å²) < 4.78 is 1.72. The zero-order valence-corrected chi connectivity index (χ0v) is 13.1. The number of hydrogen-bond donors (Lipinski definition) is 0. The molecule has 114 valence electrons. The number of thioether (sulfide) groups is 1. The summed E-state index contributed by atoms with van der Waals surface area (Å²) in [5.41, 5.74) is 2.87. The normalized spacial score (nSPS) is 10.6. The van der Waals surface area contributed by atoms with Gasteiger partial charge in [0.15, 0.2) is 0 Å². The van der Waals surface area contributed by atoms with Gasteiger partial charge in [-0.2, -0.15) is 10.4 Å². The molecule has 0 atom stereocenters. The molecule has 0 saturated carbocycles. The summed E-state index contributed by atoms with van der Waals surface area (Å²) in [7, 11) is 0. The maximum Gasteiger partial charge on any atom is 0.273 e. The summed E-state index contributed by atoms with van der Waals surface area (Å²) in [5, 5.41) is 25.5. The van der Waals surface area contributed by atoms with Gasteiger partial charge >= 0.3 is 0 Å². The number of nitriles is 1.